The van der Waals surface area contributed by atoms with Gasteiger partial charge in [0.05, 0.1) is 6.54 Å². The zero-order valence-corrected chi connectivity index (χ0v) is 15.6. The number of benzene rings is 1. The van der Waals surface area contributed by atoms with Gasteiger partial charge in [0, 0.05) is 6.04 Å². The van der Waals surface area contributed by atoms with Gasteiger partial charge in [-0.15, -0.1) is 24.0 Å². The number of ether oxygens (including phenoxy) is 1. The highest BCUT2D eigenvalue weighted by Gasteiger charge is 2.28. The van der Waals surface area contributed by atoms with E-state index in [0.29, 0.717) is 18.5 Å². The van der Waals surface area contributed by atoms with Crippen LogP contribution in [0.5, 0.6) is 5.75 Å². The molecule has 136 valence electrons. The maximum atomic E-state index is 12.1. The van der Waals surface area contributed by atoms with E-state index in [1.165, 1.54) is 25.3 Å². The van der Waals surface area contributed by atoms with Crippen LogP contribution in [0.25, 0.3) is 0 Å². The first-order valence-electron chi connectivity index (χ1n) is 7.77. The highest BCUT2D eigenvalue weighted by Crippen LogP contribution is 2.20. The van der Waals surface area contributed by atoms with Gasteiger partial charge in [0.2, 0.25) is 0 Å². The molecule has 0 aliphatic heterocycles. The molecular weight excluding hydrogens is 434 g/mol. The summed E-state index contributed by atoms with van der Waals surface area (Å²) < 4.78 is 41.2. The van der Waals surface area contributed by atoms with Crippen LogP contribution < -0.4 is 15.8 Å². The molecule has 0 heterocycles. The Morgan fingerprint density at radius 2 is 1.96 bits per heavy atom. The van der Waals surface area contributed by atoms with Crippen molar-refractivity contribution in [2.24, 2.45) is 10.7 Å². The molecule has 1 aliphatic carbocycles. The Labute approximate surface area is 157 Å². The van der Waals surface area contributed by atoms with Crippen LogP contribution in [0, 0.1) is 0 Å². The number of nitrogens with zero attached hydrogens (tertiary/aromatic N) is 1. The van der Waals surface area contributed by atoms with E-state index in [9.17, 15) is 13.2 Å². The van der Waals surface area contributed by atoms with Crippen LogP contribution in [0.2, 0.25) is 0 Å². The van der Waals surface area contributed by atoms with Gasteiger partial charge in [-0.25, -0.2) is 4.99 Å². The number of rotatable bonds is 5. The predicted octanol–water partition coefficient (Wildman–Crippen LogP) is 3.98. The van der Waals surface area contributed by atoms with E-state index in [1.807, 2.05) is 0 Å². The Kier molecular flexibility index (Phi) is 8.65. The fourth-order valence-corrected chi connectivity index (χ4v) is 2.58. The molecule has 4 nitrogen and oxygen atoms in total. The third kappa shape index (κ3) is 8.07. The quantitative estimate of drug-likeness (QED) is 0.400. The van der Waals surface area contributed by atoms with Crippen molar-refractivity contribution >= 4 is 29.9 Å². The van der Waals surface area contributed by atoms with Gasteiger partial charge >= 0.3 is 6.18 Å². The maximum absolute atomic E-state index is 12.1. The summed E-state index contributed by atoms with van der Waals surface area (Å²) in [5, 5.41) is 3.20. The summed E-state index contributed by atoms with van der Waals surface area (Å²) in [6, 6.07) is 6.82. The van der Waals surface area contributed by atoms with E-state index < -0.39 is 12.8 Å². The topological polar surface area (TPSA) is 59.6 Å². The maximum Gasteiger partial charge on any atom is 0.422 e. The van der Waals surface area contributed by atoms with Crippen molar-refractivity contribution in [3.63, 3.8) is 0 Å². The lowest BCUT2D eigenvalue weighted by Crippen LogP contribution is -2.41. The molecule has 8 heteroatoms. The van der Waals surface area contributed by atoms with Crippen molar-refractivity contribution in [1.29, 1.82) is 0 Å². The number of hydrogen-bond donors (Lipinski definition) is 2. The first kappa shape index (κ1) is 20.9. The lowest BCUT2D eigenvalue weighted by atomic mass is 9.96. The van der Waals surface area contributed by atoms with Crippen molar-refractivity contribution in [3.05, 3.63) is 29.8 Å². The number of nitrogens with one attached hydrogen (secondary N) is 1. The molecule has 1 saturated carbocycles. The Morgan fingerprint density at radius 1 is 1.25 bits per heavy atom. The fraction of sp³-hybridized carbons (Fsp3) is 0.562. The van der Waals surface area contributed by atoms with Gasteiger partial charge in [0.25, 0.3) is 0 Å². The van der Waals surface area contributed by atoms with Crippen LogP contribution in [0.15, 0.2) is 29.3 Å². The number of halogens is 4. The highest BCUT2D eigenvalue weighted by atomic mass is 127. The lowest BCUT2D eigenvalue weighted by Gasteiger charge is -2.23. The number of aliphatic imine (C=N–C) groups is 1. The summed E-state index contributed by atoms with van der Waals surface area (Å²) >= 11 is 0. The second-order valence-corrected chi connectivity index (χ2v) is 5.73. The van der Waals surface area contributed by atoms with E-state index in [4.69, 9.17) is 10.5 Å². The molecule has 0 saturated heterocycles. The average Bonchev–Trinajstić information content (AvgIpc) is 2.52. The SMILES string of the molecule is I.NC(=NCc1cccc(OCC(F)(F)F)c1)NC1CCCCC1. The predicted molar refractivity (Wildman–Crippen MR) is 98.7 cm³/mol. The van der Waals surface area contributed by atoms with E-state index in [2.05, 4.69) is 10.3 Å². The molecule has 1 fully saturated rings. The zero-order valence-electron chi connectivity index (χ0n) is 13.3. The first-order chi connectivity index (χ1) is 10.9. The monoisotopic (exact) mass is 457 g/mol. The summed E-state index contributed by atoms with van der Waals surface area (Å²) in [5.74, 6) is 0.548. The number of hydrogen-bond acceptors (Lipinski definition) is 2. The van der Waals surface area contributed by atoms with Crippen LogP contribution in [0.1, 0.15) is 37.7 Å². The second-order valence-electron chi connectivity index (χ2n) is 5.73. The van der Waals surface area contributed by atoms with E-state index >= 15 is 0 Å². The van der Waals surface area contributed by atoms with Crippen LogP contribution in [-0.2, 0) is 6.54 Å². The molecule has 0 atom stereocenters. The summed E-state index contributed by atoms with van der Waals surface area (Å²) in [6.45, 7) is -1.00. The molecule has 24 heavy (non-hydrogen) atoms. The van der Waals surface area contributed by atoms with Gasteiger partial charge in [-0.05, 0) is 30.5 Å². The van der Waals surface area contributed by atoms with Crippen LogP contribution in [0.3, 0.4) is 0 Å². The summed E-state index contributed by atoms with van der Waals surface area (Å²) in [7, 11) is 0. The minimum Gasteiger partial charge on any atom is -0.484 e. The van der Waals surface area contributed by atoms with Gasteiger partial charge in [-0.2, -0.15) is 13.2 Å². The lowest BCUT2D eigenvalue weighted by molar-refractivity contribution is -0.153. The van der Waals surface area contributed by atoms with Crippen molar-refractivity contribution < 1.29 is 17.9 Å². The van der Waals surface area contributed by atoms with Crippen LogP contribution in [-0.4, -0.2) is 24.8 Å². The molecule has 0 radical (unpaired) electrons. The zero-order chi connectivity index (χ0) is 16.7. The molecule has 1 aliphatic rings. The molecular formula is C16H23F3IN3O. The van der Waals surface area contributed by atoms with Gasteiger partial charge in [0.1, 0.15) is 5.75 Å². The second kappa shape index (κ2) is 9.95. The third-order valence-corrected chi connectivity index (χ3v) is 3.69. The third-order valence-electron chi connectivity index (χ3n) is 3.69. The molecule has 2 rings (SSSR count). The minimum absolute atomic E-state index is 0. The molecule has 0 aromatic heterocycles. The van der Waals surface area contributed by atoms with Gasteiger partial charge in [0.15, 0.2) is 12.6 Å². The van der Waals surface area contributed by atoms with Crippen LogP contribution in [0.4, 0.5) is 13.2 Å². The van der Waals surface area contributed by atoms with Crippen molar-refractivity contribution in [3.8, 4) is 5.75 Å². The van der Waals surface area contributed by atoms with Crippen LogP contribution >= 0.6 is 24.0 Å². The number of guanidine groups is 1. The Morgan fingerprint density at radius 3 is 2.62 bits per heavy atom. The molecule has 1 aromatic carbocycles. The van der Waals surface area contributed by atoms with Crippen molar-refractivity contribution in [2.45, 2.75) is 50.9 Å². The molecule has 1 aromatic rings. The molecule has 3 N–H and O–H groups in total. The smallest absolute Gasteiger partial charge is 0.422 e. The van der Waals surface area contributed by atoms with E-state index in [0.717, 1.165) is 18.4 Å². The first-order valence-corrected chi connectivity index (χ1v) is 7.77. The minimum atomic E-state index is -4.34. The summed E-state index contributed by atoms with van der Waals surface area (Å²) in [5.41, 5.74) is 6.61. The molecule has 0 bridgehead atoms. The van der Waals surface area contributed by atoms with Gasteiger partial charge in [-0.3, -0.25) is 0 Å². The number of nitrogens with two attached hydrogens (primary N) is 1. The fourth-order valence-electron chi connectivity index (χ4n) is 2.58. The van der Waals surface area contributed by atoms with E-state index in [1.54, 1.807) is 18.2 Å². The van der Waals surface area contributed by atoms with Gasteiger partial charge < -0.3 is 15.8 Å². The molecule has 0 unspecified atom stereocenters. The largest absolute Gasteiger partial charge is 0.484 e. The standard InChI is InChI=1S/C16H22F3N3O.HI/c17-16(18,19)11-23-14-8-4-5-12(9-14)10-21-15(20)22-13-6-2-1-3-7-13;/h4-5,8-9,13H,1-3,6-7,10-11H2,(H3,20,21,22);1H. The van der Waals surface area contributed by atoms with Crippen molar-refractivity contribution in [2.75, 3.05) is 6.61 Å². The highest BCUT2D eigenvalue weighted by molar-refractivity contribution is 14.0. The Balaban J connectivity index is 0.00000288. The van der Waals surface area contributed by atoms with E-state index in [-0.39, 0.29) is 29.7 Å². The summed E-state index contributed by atoms with van der Waals surface area (Å²) in [6.07, 6.45) is 1.50. The molecule has 0 spiro atoms. The average molecular weight is 457 g/mol. The normalized spacial score (nSPS) is 16.4. The Bertz CT molecular complexity index is 532. The van der Waals surface area contributed by atoms with Gasteiger partial charge in [-0.1, -0.05) is 31.4 Å². The number of alkyl halides is 3. The van der Waals surface area contributed by atoms with Crippen molar-refractivity contribution in [1.82, 2.24) is 5.32 Å². The summed E-state index contributed by atoms with van der Waals surface area (Å²) in [4.78, 5) is 4.24. The Hall–Kier alpha value is -1.19. The molecule has 0 amide bonds.